The van der Waals surface area contributed by atoms with Crippen molar-refractivity contribution >= 4 is 40.2 Å². The third-order valence-corrected chi connectivity index (χ3v) is 3.22. The molecule has 1 unspecified atom stereocenters. The van der Waals surface area contributed by atoms with E-state index in [2.05, 4.69) is 32.6 Å². The molecular weight excluding hydrogens is 340 g/mol. The van der Waals surface area contributed by atoms with E-state index in [1.807, 2.05) is 24.3 Å². The molecule has 0 spiro atoms. The maximum atomic E-state index is 11.1. The molecule has 0 fully saturated rings. The zero-order valence-electron chi connectivity index (χ0n) is 8.87. The van der Waals surface area contributed by atoms with E-state index in [4.69, 9.17) is 11.6 Å². The molecule has 1 N–H and O–H groups in total. The van der Waals surface area contributed by atoms with Gasteiger partial charge >= 0.3 is 5.97 Å². The molecule has 0 aliphatic rings. The number of nitrogens with one attached hydrogen (secondary N) is 1. The molecular formula is C11H13ClINO2. The van der Waals surface area contributed by atoms with Crippen LogP contribution >= 0.6 is 34.2 Å². The van der Waals surface area contributed by atoms with E-state index in [0.717, 1.165) is 10.6 Å². The van der Waals surface area contributed by atoms with Gasteiger partial charge in [0.25, 0.3) is 0 Å². The number of esters is 1. The first-order valence-electron chi connectivity index (χ1n) is 4.80. The molecule has 0 aliphatic carbocycles. The SMILES string of the molecule is COC(=O)C(I)CNCc1ccc(Cl)cc1. The van der Waals surface area contributed by atoms with Gasteiger partial charge in [0.2, 0.25) is 0 Å². The molecule has 1 rings (SSSR count). The first kappa shape index (κ1) is 13.7. The van der Waals surface area contributed by atoms with E-state index in [-0.39, 0.29) is 9.89 Å². The summed E-state index contributed by atoms with van der Waals surface area (Å²) in [5, 5.41) is 3.91. The van der Waals surface area contributed by atoms with Gasteiger partial charge in [0.1, 0.15) is 3.92 Å². The van der Waals surface area contributed by atoms with E-state index >= 15 is 0 Å². The van der Waals surface area contributed by atoms with Crippen molar-refractivity contribution < 1.29 is 9.53 Å². The van der Waals surface area contributed by atoms with Gasteiger partial charge < -0.3 is 10.1 Å². The fraction of sp³-hybridized carbons (Fsp3) is 0.364. The molecule has 1 atom stereocenters. The lowest BCUT2D eigenvalue weighted by Gasteiger charge is -2.09. The highest BCUT2D eigenvalue weighted by molar-refractivity contribution is 14.1. The van der Waals surface area contributed by atoms with Crippen LogP contribution in [0.1, 0.15) is 5.56 Å². The van der Waals surface area contributed by atoms with Crippen molar-refractivity contribution in [3.63, 3.8) is 0 Å². The Labute approximate surface area is 114 Å². The molecule has 0 saturated heterocycles. The van der Waals surface area contributed by atoms with Crippen molar-refractivity contribution in [2.75, 3.05) is 13.7 Å². The third kappa shape index (κ3) is 4.67. The smallest absolute Gasteiger partial charge is 0.319 e. The second kappa shape index (κ2) is 7.09. The summed E-state index contributed by atoms with van der Waals surface area (Å²) in [5.41, 5.74) is 1.14. The van der Waals surface area contributed by atoms with E-state index in [1.54, 1.807) is 0 Å². The summed E-state index contributed by atoms with van der Waals surface area (Å²) in [6.45, 7) is 1.31. The summed E-state index contributed by atoms with van der Waals surface area (Å²) in [6.07, 6.45) is 0. The van der Waals surface area contributed by atoms with Gasteiger partial charge in [0, 0.05) is 18.1 Å². The Balaban J connectivity index is 2.30. The lowest BCUT2D eigenvalue weighted by atomic mass is 10.2. The predicted molar refractivity (Wildman–Crippen MR) is 73.0 cm³/mol. The summed E-state index contributed by atoms with van der Waals surface area (Å²) in [6, 6.07) is 7.60. The Morgan fingerprint density at radius 2 is 2.12 bits per heavy atom. The third-order valence-electron chi connectivity index (χ3n) is 2.02. The Morgan fingerprint density at radius 3 is 2.69 bits per heavy atom. The van der Waals surface area contributed by atoms with Crippen LogP contribution in [-0.4, -0.2) is 23.5 Å². The first-order valence-corrected chi connectivity index (χ1v) is 6.43. The van der Waals surface area contributed by atoms with Crippen LogP contribution in [0.4, 0.5) is 0 Å². The van der Waals surface area contributed by atoms with E-state index in [1.165, 1.54) is 7.11 Å². The number of methoxy groups -OCH3 is 1. The quantitative estimate of drug-likeness (QED) is 0.502. The van der Waals surface area contributed by atoms with Crippen molar-refractivity contribution in [2.45, 2.75) is 10.5 Å². The maximum Gasteiger partial charge on any atom is 0.319 e. The van der Waals surface area contributed by atoms with E-state index < -0.39 is 0 Å². The molecule has 0 aromatic heterocycles. The summed E-state index contributed by atoms with van der Waals surface area (Å²) < 4.78 is 4.47. The largest absolute Gasteiger partial charge is 0.468 e. The van der Waals surface area contributed by atoms with E-state index in [9.17, 15) is 4.79 Å². The summed E-state index contributed by atoms with van der Waals surface area (Å²) in [7, 11) is 1.40. The summed E-state index contributed by atoms with van der Waals surface area (Å²) >= 11 is 7.83. The number of hydrogen-bond donors (Lipinski definition) is 1. The molecule has 0 radical (unpaired) electrons. The number of alkyl halides is 1. The minimum Gasteiger partial charge on any atom is -0.468 e. The standard InChI is InChI=1S/C11H13ClINO2/c1-16-11(15)10(13)7-14-6-8-2-4-9(12)5-3-8/h2-5,10,14H,6-7H2,1H3. The van der Waals surface area contributed by atoms with Gasteiger partial charge in [0.15, 0.2) is 0 Å². The number of ether oxygens (including phenoxy) is 1. The van der Waals surface area contributed by atoms with Crippen LogP contribution in [0.15, 0.2) is 24.3 Å². The monoisotopic (exact) mass is 353 g/mol. The van der Waals surface area contributed by atoms with Crippen molar-refractivity contribution in [3.8, 4) is 0 Å². The second-order valence-electron chi connectivity index (χ2n) is 3.25. The summed E-state index contributed by atoms with van der Waals surface area (Å²) in [5.74, 6) is -0.204. The second-order valence-corrected chi connectivity index (χ2v) is 5.19. The van der Waals surface area contributed by atoms with Gasteiger partial charge in [-0.15, -0.1) is 0 Å². The average Bonchev–Trinajstić information content (AvgIpc) is 2.30. The van der Waals surface area contributed by atoms with Crippen LogP contribution in [-0.2, 0) is 16.1 Å². The van der Waals surface area contributed by atoms with Crippen LogP contribution in [0, 0.1) is 0 Å². The number of rotatable bonds is 5. The first-order chi connectivity index (χ1) is 7.63. The Morgan fingerprint density at radius 1 is 1.50 bits per heavy atom. The van der Waals surface area contributed by atoms with Crippen LogP contribution in [0.5, 0.6) is 0 Å². The number of hydrogen-bond acceptors (Lipinski definition) is 3. The minimum atomic E-state index is -0.204. The fourth-order valence-electron chi connectivity index (χ4n) is 1.16. The van der Waals surface area contributed by atoms with Gasteiger partial charge in [-0.1, -0.05) is 46.3 Å². The Bertz CT molecular complexity index is 342. The molecule has 0 heterocycles. The van der Waals surface area contributed by atoms with E-state index in [0.29, 0.717) is 13.1 Å². The molecule has 5 heteroatoms. The zero-order chi connectivity index (χ0) is 12.0. The molecule has 1 aromatic rings. The lowest BCUT2D eigenvalue weighted by molar-refractivity contribution is -0.139. The highest BCUT2D eigenvalue weighted by atomic mass is 127. The van der Waals surface area contributed by atoms with Gasteiger partial charge in [-0.2, -0.15) is 0 Å². The summed E-state index contributed by atoms with van der Waals surface area (Å²) in [4.78, 5) is 11.1. The Hall–Kier alpha value is -0.330. The molecule has 0 saturated carbocycles. The number of halogens is 2. The molecule has 0 bridgehead atoms. The van der Waals surface area contributed by atoms with Crippen LogP contribution in [0.3, 0.4) is 0 Å². The Kier molecular flexibility index (Phi) is 6.08. The normalized spacial score (nSPS) is 12.2. The topological polar surface area (TPSA) is 38.3 Å². The number of carbonyl (C=O) groups excluding carboxylic acids is 1. The lowest BCUT2D eigenvalue weighted by Crippen LogP contribution is -2.29. The van der Waals surface area contributed by atoms with Crippen molar-refractivity contribution in [2.24, 2.45) is 0 Å². The van der Waals surface area contributed by atoms with Crippen LogP contribution in [0.25, 0.3) is 0 Å². The maximum absolute atomic E-state index is 11.1. The highest BCUT2D eigenvalue weighted by Crippen LogP contribution is 2.09. The molecule has 3 nitrogen and oxygen atoms in total. The van der Waals surface area contributed by atoms with Crippen LogP contribution in [0.2, 0.25) is 5.02 Å². The molecule has 88 valence electrons. The molecule has 0 aliphatic heterocycles. The van der Waals surface area contributed by atoms with Crippen molar-refractivity contribution in [3.05, 3.63) is 34.9 Å². The predicted octanol–water partition coefficient (Wildman–Crippen LogP) is 2.41. The van der Waals surface area contributed by atoms with Crippen molar-refractivity contribution in [1.82, 2.24) is 5.32 Å². The molecule has 0 amide bonds. The minimum absolute atomic E-state index is 0.157. The van der Waals surface area contributed by atoms with Crippen LogP contribution < -0.4 is 5.32 Å². The van der Waals surface area contributed by atoms with Gasteiger partial charge in [-0.05, 0) is 17.7 Å². The van der Waals surface area contributed by atoms with Gasteiger partial charge in [-0.3, -0.25) is 4.79 Å². The zero-order valence-corrected chi connectivity index (χ0v) is 11.8. The fourth-order valence-corrected chi connectivity index (χ4v) is 1.85. The molecule has 16 heavy (non-hydrogen) atoms. The van der Waals surface area contributed by atoms with Crippen molar-refractivity contribution in [1.29, 1.82) is 0 Å². The average molecular weight is 354 g/mol. The molecule has 1 aromatic carbocycles. The van der Waals surface area contributed by atoms with Gasteiger partial charge in [0.05, 0.1) is 7.11 Å². The number of benzene rings is 1. The van der Waals surface area contributed by atoms with Gasteiger partial charge in [-0.25, -0.2) is 0 Å². The number of carbonyl (C=O) groups is 1. The highest BCUT2D eigenvalue weighted by Gasteiger charge is 2.13.